The van der Waals surface area contributed by atoms with E-state index in [1.807, 2.05) is 29.2 Å². The quantitative estimate of drug-likeness (QED) is 0.301. The van der Waals surface area contributed by atoms with Crippen LogP contribution in [0.4, 0.5) is 10.5 Å². The first-order chi connectivity index (χ1) is 13.2. The first-order valence-electron chi connectivity index (χ1n) is 11.0. The molecule has 0 aromatic heterocycles. The van der Waals surface area contributed by atoms with Crippen LogP contribution in [-0.4, -0.2) is 24.0 Å². The fraction of sp³-hybridized carbons (Fsp3) is 0.696. The molecule has 2 amide bonds. The normalized spacial score (nSPS) is 10.8. The number of carbonyl (C=O) groups excluding carboxylic acids is 1. The molecule has 1 aromatic carbocycles. The molecule has 1 rings (SSSR count). The summed E-state index contributed by atoms with van der Waals surface area (Å²) in [5, 5.41) is 3.70. The van der Waals surface area contributed by atoms with E-state index in [1.165, 1.54) is 64.2 Å². The summed E-state index contributed by atoms with van der Waals surface area (Å²) in [5.41, 5.74) is 0.806. The molecule has 0 saturated carbocycles. The van der Waals surface area contributed by atoms with E-state index in [0.717, 1.165) is 31.6 Å². The minimum atomic E-state index is 0.0134. The molecule has 3 nitrogen and oxygen atoms in total. The summed E-state index contributed by atoms with van der Waals surface area (Å²) < 4.78 is 0. The number of amides is 2. The van der Waals surface area contributed by atoms with Crippen LogP contribution in [-0.2, 0) is 0 Å². The molecule has 0 radical (unpaired) electrons. The van der Waals surface area contributed by atoms with Gasteiger partial charge in [0.1, 0.15) is 0 Å². The largest absolute Gasteiger partial charge is 0.325 e. The number of halogens is 1. The third-order valence-electron chi connectivity index (χ3n) is 4.95. The predicted octanol–water partition coefficient (Wildman–Crippen LogP) is 7.89. The van der Waals surface area contributed by atoms with E-state index < -0.39 is 0 Å². The molecule has 0 saturated heterocycles. The summed E-state index contributed by atoms with van der Waals surface area (Å²) in [6, 6.07) is 7.34. The molecular formula is C23H39ClN2O. The molecule has 0 aliphatic heterocycles. The minimum Gasteiger partial charge on any atom is -0.325 e. The Morgan fingerprint density at radius 2 is 1.22 bits per heavy atom. The topological polar surface area (TPSA) is 32.3 Å². The van der Waals surface area contributed by atoms with E-state index in [4.69, 9.17) is 11.6 Å². The SMILES string of the molecule is CCCCCCCCN(CCCCCCCC)C(=O)Nc1ccc(Cl)cc1. The first-order valence-corrected chi connectivity index (χ1v) is 11.4. The summed E-state index contributed by atoms with van der Waals surface area (Å²) in [6.07, 6.45) is 15.0. The summed E-state index contributed by atoms with van der Waals surface area (Å²) in [5.74, 6) is 0. The van der Waals surface area contributed by atoms with Gasteiger partial charge in [0.25, 0.3) is 0 Å². The molecule has 0 spiro atoms. The fourth-order valence-electron chi connectivity index (χ4n) is 3.22. The Labute approximate surface area is 171 Å². The maximum atomic E-state index is 12.7. The molecule has 1 aromatic rings. The van der Waals surface area contributed by atoms with Gasteiger partial charge in [-0.2, -0.15) is 0 Å². The van der Waals surface area contributed by atoms with Crippen molar-refractivity contribution in [1.29, 1.82) is 0 Å². The third kappa shape index (κ3) is 12.0. The Kier molecular flexibility index (Phi) is 13.9. The lowest BCUT2D eigenvalue weighted by atomic mass is 10.1. The summed E-state index contributed by atoms with van der Waals surface area (Å²) >= 11 is 5.93. The van der Waals surface area contributed by atoms with E-state index in [9.17, 15) is 4.79 Å². The van der Waals surface area contributed by atoms with E-state index in [1.54, 1.807) is 0 Å². The molecule has 0 atom stereocenters. The van der Waals surface area contributed by atoms with E-state index in [2.05, 4.69) is 19.2 Å². The van der Waals surface area contributed by atoms with Crippen LogP contribution in [0.2, 0.25) is 5.02 Å². The molecule has 0 aliphatic carbocycles. The molecule has 0 aliphatic rings. The smallest absolute Gasteiger partial charge is 0.321 e. The predicted molar refractivity (Wildman–Crippen MR) is 119 cm³/mol. The number of carbonyl (C=O) groups is 1. The van der Waals surface area contributed by atoms with E-state index >= 15 is 0 Å². The van der Waals surface area contributed by atoms with Gasteiger partial charge in [0.15, 0.2) is 0 Å². The zero-order valence-corrected chi connectivity index (χ0v) is 18.2. The number of nitrogens with zero attached hydrogens (tertiary/aromatic N) is 1. The summed E-state index contributed by atoms with van der Waals surface area (Å²) in [6.45, 7) is 6.17. The number of hydrogen-bond donors (Lipinski definition) is 1. The van der Waals surface area contributed by atoms with Gasteiger partial charge in [-0.1, -0.05) is 89.7 Å². The standard InChI is InChI=1S/C23H39ClN2O/c1-3-5-7-9-11-13-19-26(20-14-12-10-8-6-4-2)23(27)25-22-17-15-21(24)16-18-22/h15-18H,3-14,19-20H2,1-2H3,(H,25,27). The average molecular weight is 395 g/mol. The van der Waals surface area contributed by atoms with Crippen molar-refractivity contribution in [3.8, 4) is 0 Å². The zero-order valence-electron chi connectivity index (χ0n) is 17.4. The molecule has 0 unspecified atom stereocenters. The van der Waals surface area contributed by atoms with Crippen molar-refractivity contribution >= 4 is 23.3 Å². The highest BCUT2D eigenvalue weighted by molar-refractivity contribution is 6.30. The number of hydrogen-bond acceptors (Lipinski definition) is 1. The fourth-order valence-corrected chi connectivity index (χ4v) is 3.34. The Morgan fingerprint density at radius 3 is 1.70 bits per heavy atom. The lowest BCUT2D eigenvalue weighted by molar-refractivity contribution is 0.209. The monoisotopic (exact) mass is 394 g/mol. The van der Waals surface area contributed by atoms with Gasteiger partial charge in [-0.3, -0.25) is 0 Å². The second-order valence-corrected chi connectivity index (χ2v) is 7.90. The highest BCUT2D eigenvalue weighted by Crippen LogP contribution is 2.15. The second-order valence-electron chi connectivity index (χ2n) is 7.46. The molecule has 0 fully saturated rings. The van der Waals surface area contributed by atoms with Crippen molar-refractivity contribution in [2.75, 3.05) is 18.4 Å². The Bertz CT molecular complexity index is 474. The Morgan fingerprint density at radius 1 is 0.778 bits per heavy atom. The van der Waals surface area contributed by atoms with Gasteiger partial charge in [0.2, 0.25) is 0 Å². The maximum absolute atomic E-state index is 12.7. The maximum Gasteiger partial charge on any atom is 0.321 e. The van der Waals surface area contributed by atoms with Crippen LogP contribution in [0.3, 0.4) is 0 Å². The molecule has 0 bridgehead atoms. The van der Waals surface area contributed by atoms with Crippen LogP contribution in [0, 0.1) is 0 Å². The summed E-state index contributed by atoms with van der Waals surface area (Å²) in [7, 11) is 0. The van der Waals surface area contributed by atoms with Crippen molar-refractivity contribution in [1.82, 2.24) is 4.90 Å². The number of anilines is 1. The third-order valence-corrected chi connectivity index (χ3v) is 5.20. The van der Waals surface area contributed by atoms with Crippen LogP contribution in [0.15, 0.2) is 24.3 Å². The van der Waals surface area contributed by atoms with Crippen LogP contribution in [0.25, 0.3) is 0 Å². The van der Waals surface area contributed by atoms with Crippen molar-refractivity contribution in [2.24, 2.45) is 0 Å². The average Bonchev–Trinajstić information content (AvgIpc) is 2.67. The van der Waals surface area contributed by atoms with Gasteiger partial charge in [-0.05, 0) is 37.1 Å². The van der Waals surface area contributed by atoms with Gasteiger partial charge in [0.05, 0.1) is 0 Å². The van der Waals surface area contributed by atoms with E-state index in [-0.39, 0.29) is 6.03 Å². The lowest BCUT2D eigenvalue weighted by Gasteiger charge is -2.23. The van der Waals surface area contributed by atoms with Crippen molar-refractivity contribution in [3.63, 3.8) is 0 Å². The van der Waals surface area contributed by atoms with Gasteiger partial charge in [-0.15, -0.1) is 0 Å². The van der Waals surface area contributed by atoms with Gasteiger partial charge < -0.3 is 10.2 Å². The number of nitrogens with one attached hydrogen (secondary N) is 1. The molecule has 1 N–H and O–H groups in total. The number of rotatable bonds is 15. The minimum absolute atomic E-state index is 0.0134. The van der Waals surface area contributed by atoms with Gasteiger partial charge in [0, 0.05) is 23.8 Å². The highest BCUT2D eigenvalue weighted by atomic mass is 35.5. The lowest BCUT2D eigenvalue weighted by Crippen LogP contribution is -2.36. The van der Waals surface area contributed by atoms with Crippen molar-refractivity contribution < 1.29 is 4.79 Å². The second kappa shape index (κ2) is 15.8. The molecule has 0 heterocycles. The summed E-state index contributed by atoms with van der Waals surface area (Å²) in [4.78, 5) is 14.7. The van der Waals surface area contributed by atoms with E-state index in [0.29, 0.717) is 5.02 Å². The number of urea groups is 1. The molecule has 154 valence electrons. The number of benzene rings is 1. The zero-order chi connectivity index (χ0) is 19.7. The first kappa shape index (κ1) is 23.8. The van der Waals surface area contributed by atoms with Crippen molar-refractivity contribution in [2.45, 2.75) is 90.9 Å². The highest BCUT2D eigenvalue weighted by Gasteiger charge is 2.13. The molecular weight excluding hydrogens is 356 g/mol. The van der Waals surface area contributed by atoms with Crippen LogP contribution < -0.4 is 5.32 Å². The van der Waals surface area contributed by atoms with Gasteiger partial charge in [-0.25, -0.2) is 4.79 Å². The number of unbranched alkanes of at least 4 members (excludes halogenated alkanes) is 10. The van der Waals surface area contributed by atoms with Crippen LogP contribution in [0.5, 0.6) is 0 Å². The van der Waals surface area contributed by atoms with Gasteiger partial charge >= 0.3 is 6.03 Å². The Balaban J connectivity index is 2.41. The van der Waals surface area contributed by atoms with Crippen LogP contribution >= 0.6 is 11.6 Å². The molecule has 27 heavy (non-hydrogen) atoms. The molecule has 4 heteroatoms. The van der Waals surface area contributed by atoms with Crippen molar-refractivity contribution in [3.05, 3.63) is 29.3 Å². The van der Waals surface area contributed by atoms with Crippen LogP contribution in [0.1, 0.15) is 90.9 Å². The Hall–Kier alpha value is -1.22.